The van der Waals surface area contributed by atoms with Crippen LogP contribution in [-0.4, -0.2) is 9.78 Å². The smallest absolute Gasteiger partial charge is 0.102 e. The first-order chi connectivity index (χ1) is 9.25. The van der Waals surface area contributed by atoms with E-state index in [2.05, 4.69) is 5.10 Å². The summed E-state index contributed by atoms with van der Waals surface area (Å²) in [5, 5.41) is 5.68. The van der Waals surface area contributed by atoms with Gasteiger partial charge in [0.15, 0.2) is 0 Å². The number of para-hydroxylation sites is 1. The van der Waals surface area contributed by atoms with Crippen molar-refractivity contribution in [3.63, 3.8) is 0 Å². The van der Waals surface area contributed by atoms with Gasteiger partial charge in [0.25, 0.3) is 0 Å². The predicted octanol–water partition coefficient (Wildman–Crippen LogP) is 4.85. The third-order valence-corrected chi connectivity index (χ3v) is 3.44. The minimum absolute atomic E-state index is 0.579. The predicted molar refractivity (Wildman–Crippen MR) is 79.0 cm³/mol. The fourth-order valence-corrected chi connectivity index (χ4v) is 2.49. The monoisotopic (exact) mass is 288 g/mol. The number of hydrogen-bond donors (Lipinski definition) is 0. The quantitative estimate of drug-likeness (QED) is 0.659. The second-order valence-corrected chi connectivity index (χ2v) is 4.90. The molecule has 0 saturated carbocycles. The van der Waals surface area contributed by atoms with E-state index in [1.807, 2.05) is 48.7 Å². The first-order valence-corrected chi connectivity index (χ1v) is 6.57. The summed E-state index contributed by atoms with van der Waals surface area (Å²) in [4.78, 5) is 0. The molecule has 0 fully saturated rings. The fourth-order valence-electron chi connectivity index (χ4n) is 1.92. The lowest BCUT2D eigenvalue weighted by Crippen LogP contribution is -1.97. The summed E-state index contributed by atoms with van der Waals surface area (Å²) >= 11 is 12.3. The average Bonchev–Trinajstić information content (AvgIpc) is 2.89. The van der Waals surface area contributed by atoms with Gasteiger partial charge in [0.05, 0.1) is 15.7 Å². The molecule has 0 aliphatic carbocycles. The van der Waals surface area contributed by atoms with E-state index < -0.39 is 0 Å². The molecule has 0 atom stereocenters. The zero-order chi connectivity index (χ0) is 13.2. The van der Waals surface area contributed by atoms with Crippen molar-refractivity contribution < 1.29 is 0 Å². The maximum absolute atomic E-state index is 6.17. The Bertz CT molecular complexity index is 685. The highest BCUT2D eigenvalue weighted by atomic mass is 35.5. The van der Waals surface area contributed by atoms with E-state index in [0.717, 1.165) is 11.3 Å². The van der Waals surface area contributed by atoms with Gasteiger partial charge in [0.1, 0.15) is 5.69 Å². The van der Waals surface area contributed by atoms with Gasteiger partial charge in [-0.2, -0.15) is 5.10 Å². The van der Waals surface area contributed by atoms with Crippen molar-refractivity contribution in [3.05, 3.63) is 70.8 Å². The molecule has 0 aliphatic heterocycles. The van der Waals surface area contributed by atoms with E-state index in [1.54, 1.807) is 16.8 Å². The molecule has 0 N–H and O–H groups in total. The van der Waals surface area contributed by atoms with E-state index in [0.29, 0.717) is 15.7 Å². The molecule has 0 aliphatic rings. The van der Waals surface area contributed by atoms with E-state index in [1.165, 1.54) is 0 Å². The summed E-state index contributed by atoms with van der Waals surface area (Å²) in [6, 6.07) is 17.3. The molecule has 0 saturated heterocycles. The van der Waals surface area contributed by atoms with Crippen molar-refractivity contribution in [2.45, 2.75) is 0 Å². The molecule has 0 unspecified atom stereocenters. The van der Waals surface area contributed by atoms with E-state index in [-0.39, 0.29) is 0 Å². The normalized spacial score (nSPS) is 10.6. The van der Waals surface area contributed by atoms with Crippen molar-refractivity contribution in [2.75, 3.05) is 0 Å². The van der Waals surface area contributed by atoms with Crippen LogP contribution in [0.4, 0.5) is 0 Å². The highest BCUT2D eigenvalue weighted by molar-refractivity contribution is 6.37. The standard InChI is InChI=1S/C15H10Cl2N2/c16-12-7-4-8-13(17)15(12)19-10-9-14(18-19)11-5-2-1-3-6-11/h1-10H. The molecule has 3 rings (SSSR count). The zero-order valence-corrected chi connectivity index (χ0v) is 11.4. The van der Waals surface area contributed by atoms with Crippen LogP contribution in [0.3, 0.4) is 0 Å². The summed E-state index contributed by atoms with van der Waals surface area (Å²) in [5.74, 6) is 0. The Morgan fingerprint density at radius 2 is 1.47 bits per heavy atom. The molecule has 2 aromatic carbocycles. The Morgan fingerprint density at radius 1 is 0.789 bits per heavy atom. The molecule has 3 aromatic rings. The molecule has 0 radical (unpaired) electrons. The van der Waals surface area contributed by atoms with Gasteiger partial charge < -0.3 is 0 Å². The van der Waals surface area contributed by atoms with Crippen molar-refractivity contribution in [3.8, 4) is 16.9 Å². The first kappa shape index (κ1) is 12.3. The highest BCUT2D eigenvalue weighted by Crippen LogP contribution is 2.28. The molecular weight excluding hydrogens is 279 g/mol. The molecule has 1 heterocycles. The van der Waals surface area contributed by atoms with Gasteiger partial charge in [0, 0.05) is 11.8 Å². The minimum atomic E-state index is 0.579. The van der Waals surface area contributed by atoms with Crippen molar-refractivity contribution in [1.82, 2.24) is 9.78 Å². The average molecular weight is 289 g/mol. The maximum Gasteiger partial charge on any atom is 0.102 e. The second kappa shape index (κ2) is 5.08. The fraction of sp³-hybridized carbons (Fsp3) is 0. The van der Waals surface area contributed by atoms with Crippen molar-refractivity contribution >= 4 is 23.2 Å². The molecular formula is C15H10Cl2N2. The number of rotatable bonds is 2. The lowest BCUT2D eigenvalue weighted by molar-refractivity contribution is 0.885. The lowest BCUT2D eigenvalue weighted by atomic mass is 10.2. The molecule has 0 amide bonds. The Morgan fingerprint density at radius 3 is 2.16 bits per heavy atom. The molecule has 1 aromatic heterocycles. The third kappa shape index (κ3) is 2.37. The van der Waals surface area contributed by atoms with Gasteiger partial charge >= 0.3 is 0 Å². The number of hydrogen-bond acceptors (Lipinski definition) is 1. The van der Waals surface area contributed by atoms with E-state index in [9.17, 15) is 0 Å². The second-order valence-electron chi connectivity index (χ2n) is 4.08. The van der Waals surface area contributed by atoms with Crippen LogP contribution >= 0.6 is 23.2 Å². The van der Waals surface area contributed by atoms with Crippen molar-refractivity contribution in [1.29, 1.82) is 0 Å². The minimum Gasteiger partial charge on any atom is -0.237 e. The van der Waals surface area contributed by atoms with Gasteiger partial charge in [-0.25, -0.2) is 4.68 Å². The van der Waals surface area contributed by atoms with Gasteiger partial charge in [-0.1, -0.05) is 59.6 Å². The Labute approximate surface area is 121 Å². The molecule has 0 spiro atoms. The third-order valence-electron chi connectivity index (χ3n) is 2.83. The Kier molecular flexibility index (Phi) is 3.28. The van der Waals surface area contributed by atoms with Crippen molar-refractivity contribution in [2.24, 2.45) is 0 Å². The van der Waals surface area contributed by atoms with Crippen LogP contribution in [0.5, 0.6) is 0 Å². The molecule has 19 heavy (non-hydrogen) atoms. The summed E-state index contributed by atoms with van der Waals surface area (Å²) in [6.45, 7) is 0. The summed E-state index contributed by atoms with van der Waals surface area (Å²) in [5.41, 5.74) is 2.65. The number of nitrogens with zero attached hydrogens (tertiary/aromatic N) is 2. The van der Waals surface area contributed by atoms with E-state index >= 15 is 0 Å². The lowest BCUT2D eigenvalue weighted by Gasteiger charge is -2.06. The summed E-state index contributed by atoms with van der Waals surface area (Å²) in [7, 11) is 0. The SMILES string of the molecule is Clc1cccc(Cl)c1-n1ccc(-c2ccccc2)n1. The van der Waals surface area contributed by atoms with Crippen LogP contribution in [0.15, 0.2) is 60.8 Å². The topological polar surface area (TPSA) is 17.8 Å². The van der Waals surface area contributed by atoms with Crippen LogP contribution in [0.2, 0.25) is 10.0 Å². The molecule has 94 valence electrons. The Hall–Kier alpha value is -1.77. The van der Waals surface area contributed by atoms with E-state index in [4.69, 9.17) is 23.2 Å². The van der Waals surface area contributed by atoms with Gasteiger partial charge in [-0.3, -0.25) is 0 Å². The molecule has 2 nitrogen and oxygen atoms in total. The van der Waals surface area contributed by atoms with Crippen LogP contribution in [0.1, 0.15) is 0 Å². The van der Waals surface area contributed by atoms with Gasteiger partial charge in [-0.15, -0.1) is 0 Å². The van der Waals surface area contributed by atoms with Crippen LogP contribution in [0.25, 0.3) is 16.9 Å². The zero-order valence-electron chi connectivity index (χ0n) is 9.92. The van der Waals surface area contributed by atoms with Gasteiger partial charge in [0.2, 0.25) is 0 Å². The van der Waals surface area contributed by atoms with Crippen LogP contribution in [0, 0.1) is 0 Å². The van der Waals surface area contributed by atoms with Gasteiger partial charge in [-0.05, 0) is 18.2 Å². The number of aromatic nitrogens is 2. The number of halogens is 2. The molecule has 4 heteroatoms. The summed E-state index contributed by atoms with van der Waals surface area (Å²) < 4.78 is 1.70. The van der Waals surface area contributed by atoms with Crippen LogP contribution in [-0.2, 0) is 0 Å². The largest absolute Gasteiger partial charge is 0.237 e. The maximum atomic E-state index is 6.17. The van der Waals surface area contributed by atoms with Crippen LogP contribution < -0.4 is 0 Å². The Balaban J connectivity index is 2.07. The first-order valence-electron chi connectivity index (χ1n) is 5.81. The highest BCUT2D eigenvalue weighted by Gasteiger charge is 2.10. The summed E-state index contributed by atoms with van der Waals surface area (Å²) in [6.07, 6.45) is 1.86. The molecule has 0 bridgehead atoms. The number of benzene rings is 2.